The molecule has 7 heteroatoms. The minimum atomic E-state index is -0.305. The third-order valence-electron chi connectivity index (χ3n) is 4.70. The highest BCUT2D eigenvalue weighted by atomic mass is 32.1. The van der Waals surface area contributed by atoms with Crippen LogP contribution in [0.2, 0.25) is 0 Å². The lowest BCUT2D eigenvalue weighted by atomic mass is 10.2. The number of methoxy groups -OCH3 is 1. The number of ether oxygens (including phenoxy) is 1. The van der Waals surface area contributed by atoms with E-state index in [1.54, 1.807) is 40.4 Å². The average molecular weight is 405 g/mol. The van der Waals surface area contributed by atoms with Gasteiger partial charge in [0.1, 0.15) is 5.82 Å². The van der Waals surface area contributed by atoms with Crippen LogP contribution in [0.3, 0.4) is 0 Å². The van der Waals surface area contributed by atoms with Crippen LogP contribution in [0, 0.1) is 11.7 Å². The molecule has 2 aromatic rings. The van der Waals surface area contributed by atoms with Crippen molar-refractivity contribution in [2.45, 2.75) is 25.9 Å². The lowest BCUT2D eigenvalue weighted by molar-refractivity contribution is -0.142. The largest absolute Gasteiger partial charge is 0.383 e. The molecule has 2 amide bonds. The van der Waals surface area contributed by atoms with Crippen LogP contribution in [0.1, 0.15) is 23.3 Å². The van der Waals surface area contributed by atoms with Gasteiger partial charge in [0.2, 0.25) is 11.8 Å². The Morgan fingerprint density at radius 3 is 2.50 bits per heavy atom. The molecule has 1 aliphatic carbocycles. The summed E-state index contributed by atoms with van der Waals surface area (Å²) in [5.41, 5.74) is 0.850. The Hall–Kier alpha value is -2.25. The fraction of sp³-hybridized carbons (Fsp3) is 0.429. The quantitative estimate of drug-likeness (QED) is 0.611. The van der Waals surface area contributed by atoms with Gasteiger partial charge in [0, 0.05) is 31.0 Å². The van der Waals surface area contributed by atoms with Gasteiger partial charge in [-0.2, -0.15) is 0 Å². The highest BCUT2D eigenvalue weighted by Crippen LogP contribution is 2.31. The lowest BCUT2D eigenvalue weighted by Gasteiger charge is -2.27. The van der Waals surface area contributed by atoms with Crippen molar-refractivity contribution in [1.29, 1.82) is 0 Å². The molecule has 1 fully saturated rings. The molecule has 3 rings (SSSR count). The van der Waals surface area contributed by atoms with Crippen molar-refractivity contribution in [3.05, 3.63) is 58.0 Å². The van der Waals surface area contributed by atoms with Crippen molar-refractivity contribution in [3.63, 3.8) is 0 Å². The Labute approximate surface area is 168 Å². The van der Waals surface area contributed by atoms with Crippen molar-refractivity contribution < 1.29 is 18.7 Å². The molecule has 0 aliphatic heterocycles. The maximum absolute atomic E-state index is 13.2. The molecular weight excluding hydrogens is 379 g/mol. The van der Waals surface area contributed by atoms with Gasteiger partial charge in [-0.25, -0.2) is 4.39 Å². The Kier molecular flexibility index (Phi) is 7.17. The van der Waals surface area contributed by atoms with Crippen molar-refractivity contribution in [2.24, 2.45) is 5.92 Å². The number of amides is 2. The lowest BCUT2D eigenvalue weighted by Crippen LogP contribution is -2.44. The molecule has 1 heterocycles. The summed E-state index contributed by atoms with van der Waals surface area (Å²) < 4.78 is 18.3. The van der Waals surface area contributed by atoms with E-state index in [0.717, 1.165) is 23.3 Å². The second-order valence-electron chi connectivity index (χ2n) is 6.98. The van der Waals surface area contributed by atoms with Crippen LogP contribution in [-0.4, -0.2) is 48.4 Å². The minimum Gasteiger partial charge on any atom is -0.383 e. The summed E-state index contributed by atoms with van der Waals surface area (Å²) in [6, 6.07) is 10.1. The van der Waals surface area contributed by atoms with E-state index in [2.05, 4.69) is 0 Å². The van der Waals surface area contributed by atoms with Crippen molar-refractivity contribution in [1.82, 2.24) is 9.80 Å². The first-order valence-electron chi connectivity index (χ1n) is 9.39. The maximum atomic E-state index is 13.2. The Morgan fingerprint density at radius 1 is 1.14 bits per heavy atom. The molecular formula is C21H25FN2O3S. The van der Waals surface area contributed by atoms with Gasteiger partial charge in [-0.15, -0.1) is 11.3 Å². The van der Waals surface area contributed by atoms with Crippen LogP contribution in [0.25, 0.3) is 0 Å². The van der Waals surface area contributed by atoms with Crippen molar-refractivity contribution in [3.8, 4) is 0 Å². The summed E-state index contributed by atoms with van der Waals surface area (Å²) in [7, 11) is 1.58. The van der Waals surface area contributed by atoms with Crippen LogP contribution < -0.4 is 0 Å². The first-order chi connectivity index (χ1) is 13.6. The van der Waals surface area contributed by atoms with Gasteiger partial charge in [-0.1, -0.05) is 18.2 Å². The standard InChI is InChI=1S/C21H25FN2O3S/c1-27-11-10-23(21(26)17-6-7-17)15-20(25)24(14-19-3-2-12-28-19)13-16-4-8-18(22)9-5-16/h2-5,8-9,12,17H,6-7,10-11,13-15H2,1H3. The average Bonchev–Trinajstić information content (AvgIpc) is 3.42. The molecule has 150 valence electrons. The van der Waals surface area contributed by atoms with Gasteiger partial charge in [-0.05, 0) is 42.0 Å². The van der Waals surface area contributed by atoms with Gasteiger partial charge in [-0.3, -0.25) is 9.59 Å². The molecule has 1 saturated carbocycles. The summed E-state index contributed by atoms with van der Waals surface area (Å²) in [4.78, 5) is 30.0. The number of benzene rings is 1. The summed E-state index contributed by atoms with van der Waals surface area (Å²) in [5.74, 6) is -0.348. The number of hydrogen-bond donors (Lipinski definition) is 0. The smallest absolute Gasteiger partial charge is 0.242 e. The highest BCUT2D eigenvalue weighted by molar-refractivity contribution is 7.09. The SMILES string of the molecule is COCCN(CC(=O)N(Cc1ccc(F)cc1)Cc1cccs1)C(=O)C1CC1. The van der Waals surface area contributed by atoms with Crippen LogP contribution >= 0.6 is 11.3 Å². The van der Waals surface area contributed by atoms with Gasteiger partial charge < -0.3 is 14.5 Å². The number of thiophene rings is 1. The van der Waals surface area contributed by atoms with Gasteiger partial charge in [0.25, 0.3) is 0 Å². The molecule has 0 unspecified atom stereocenters. The molecule has 0 N–H and O–H groups in total. The third kappa shape index (κ3) is 5.87. The second kappa shape index (κ2) is 9.80. The molecule has 0 atom stereocenters. The van der Waals surface area contributed by atoms with Crippen LogP contribution in [0.15, 0.2) is 41.8 Å². The van der Waals surface area contributed by atoms with E-state index >= 15 is 0 Å². The van der Waals surface area contributed by atoms with E-state index in [1.165, 1.54) is 12.1 Å². The number of nitrogens with zero attached hydrogens (tertiary/aromatic N) is 2. The van der Waals surface area contributed by atoms with Gasteiger partial charge in [0.05, 0.1) is 19.7 Å². The number of carbonyl (C=O) groups excluding carboxylic acids is 2. The summed E-state index contributed by atoms with van der Waals surface area (Å²) in [6.45, 7) is 1.66. The summed E-state index contributed by atoms with van der Waals surface area (Å²) in [6.07, 6.45) is 1.79. The van der Waals surface area contributed by atoms with Crippen LogP contribution in [0.5, 0.6) is 0 Å². The fourth-order valence-corrected chi connectivity index (χ4v) is 3.67. The zero-order valence-electron chi connectivity index (χ0n) is 16.0. The predicted octanol–water partition coefficient (Wildman–Crippen LogP) is 3.30. The van der Waals surface area contributed by atoms with E-state index in [9.17, 15) is 14.0 Å². The Balaban J connectivity index is 1.71. The van der Waals surface area contributed by atoms with E-state index in [0.29, 0.717) is 26.2 Å². The maximum Gasteiger partial charge on any atom is 0.242 e. The summed E-state index contributed by atoms with van der Waals surface area (Å²) in [5, 5.41) is 1.97. The van der Waals surface area contributed by atoms with Crippen molar-refractivity contribution in [2.75, 3.05) is 26.8 Å². The van der Waals surface area contributed by atoms with E-state index in [-0.39, 0.29) is 30.1 Å². The first kappa shape index (κ1) is 20.5. The van der Waals surface area contributed by atoms with Crippen LogP contribution in [0.4, 0.5) is 4.39 Å². The number of hydrogen-bond acceptors (Lipinski definition) is 4. The number of carbonyl (C=O) groups is 2. The minimum absolute atomic E-state index is 0.0308. The zero-order chi connectivity index (χ0) is 19.9. The topological polar surface area (TPSA) is 49.9 Å². The monoisotopic (exact) mass is 404 g/mol. The zero-order valence-corrected chi connectivity index (χ0v) is 16.8. The van der Waals surface area contributed by atoms with Gasteiger partial charge >= 0.3 is 0 Å². The molecule has 1 aromatic heterocycles. The second-order valence-corrected chi connectivity index (χ2v) is 8.01. The van der Waals surface area contributed by atoms with E-state index in [4.69, 9.17) is 4.74 Å². The molecule has 1 aromatic carbocycles. The molecule has 0 radical (unpaired) electrons. The molecule has 0 saturated heterocycles. The molecule has 0 bridgehead atoms. The first-order valence-corrected chi connectivity index (χ1v) is 10.3. The Morgan fingerprint density at radius 2 is 1.89 bits per heavy atom. The predicted molar refractivity (Wildman–Crippen MR) is 106 cm³/mol. The normalized spacial score (nSPS) is 13.4. The summed E-state index contributed by atoms with van der Waals surface area (Å²) >= 11 is 1.58. The highest BCUT2D eigenvalue weighted by Gasteiger charge is 2.34. The number of halogens is 1. The molecule has 5 nitrogen and oxygen atoms in total. The van der Waals surface area contributed by atoms with Gasteiger partial charge in [0.15, 0.2) is 0 Å². The number of rotatable bonds is 10. The fourth-order valence-electron chi connectivity index (χ4n) is 2.95. The molecule has 1 aliphatic rings. The van der Waals surface area contributed by atoms with E-state index in [1.807, 2.05) is 17.5 Å². The molecule has 28 heavy (non-hydrogen) atoms. The van der Waals surface area contributed by atoms with Crippen molar-refractivity contribution >= 4 is 23.2 Å². The molecule has 0 spiro atoms. The van der Waals surface area contributed by atoms with Crippen LogP contribution in [-0.2, 0) is 27.4 Å². The Bertz CT molecular complexity index is 775. The third-order valence-corrected chi connectivity index (χ3v) is 5.56. The van der Waals surface area contributed by atoms with E-state index < -0.39 is 0 Å².